The minimum atomic E-state index is -0.853. The van der Waals surface area contributed by atoms with Gasteiger partial charge in [-0.05, 0) is 88.4 Å². The highest BCUT2D eigenvalue weighted by Gasteiger charge is 2.33. The Morgan fingerprint density at radius 1 is 0.717 bits per heavy atom. The number of rotatable bonds is 15. The number of ketones is 1. The lowest BCUT2D eigenvalue weighted by Crippen LogP contribution is -2.24. The van der Waals surface area contributed by atoms with Crippen molar-refractivity contribution in [3.8, 4) is 22.3 Å². The van der Waals surface area contributed by atoms with Crippen molar-refractivity contribution in [1.82, 2.24) is 5.32 Å². The van der Waals surface area contributed by atoms with Crippen LogP contribution in [0.2, 0.25) is 0 Å². The fourth-order valence-electron chi connectivity index (χ4n) is 7.00. The maximum absolute atomic E-state index is 13.0. The first-order valence-electron chi connectivity index (χ1n) is 18.6. The molecule has 0 aliphatic heterocycles. The Balaban J connectivity index is 0.000000278. The van der Waals surface area contributed by atoms with Crippen molar-refractivity contribution < 1.29 is 33.8 Å². The van der Waals surface area contributed by atoms with Gasteiger partial charge in [0.2, 0.25) is 11.8 Å². The standard InChI is InChI=1S/C30H38N2O5.C14H10O2/c1-4-7-12-26(33)23-11-8-10-21-25(19-37-29(36)6-3)24-18-20(15-16-22(24)30(21)23)32-28(35)14-9-13-27(34)31-17-5-2;15-14(16)12-7-3-5-10-8-9-4-1-2-6-11(9)13(10)12/h8,10-11,15-16,18,25H,4-7,9,12-14,17,19H2,1-3H3,(H,31,34)(H,32,35);1-7H,8H2,(H,15,16). The molecule has 276 valence electrons. The Bertz CT molecular complexity index is 2000. The molecule has 53 heavy (non-hydrogen) atoms. The third-order valence-corrected chi connectivity index (χ3v) is 9.64. The monoisotopic (exact) mass is 716 g/mol. The molecule has 2 aliphatic carbocycles. The van der Waals surface area contributed by atoms with Crippen LogP contribution in [0.5, 0.6) is 0 Å². The van der Waals surface area contributed by atoms with E-state index in [9.17, 15) is 29.1 Å². The number of nitrogens with one attached hydrogen (secondary N) is 2. The van der Waals surface area contributed by atoms with Gasteiger partial charge in [-0.25, -0.2) is 4.79 Å². The number of fused-ring (bicyclic) bond motifs is 6. The number of benzene rings is 4. The molecule has 3 N–H and O–H groups in total. The zero-order chi connectivity index (χ0) is 37.9. The lowest BCUT2D eigenvalue weighted by Gasteiger charge is -2.15. The number of anilines is 1. The lowest BCUT2D eigenvalue weighted by atomic mass is 9.93. The molecule has 4 aromatic rings. The van der Waals surface area contributed by atoms with Crippen LogP contribution in [-0.4, -0.2) is 47.8 Å². The molecule has 0 spiro atoms. The van der Waals surface area contributed by atoms with Gasteiger partial charge in [-0.1, -0.05) is 87.9 Å². The third kappa shape index (κ3) is 9.27. The Morgan fingerprint density at radius 3 is 2.21 bits per heavy atom. The fraction of sp³-hybridized carbons (Fsp3) is 0.341. The molecule has 0 saturated carbocycles. The summed E-state index contributed by atoms with van der Waals surface area (Å²) in [6.07, 6.45) is 5.29. The van der Waals surface area contributed by atoms with Crippen molar-refractivity contribution in [2.24, 2.45) is 0 Å². The predicted molar refractivity (Wildman–Crippen MR) is 206 cm³/mol. The molecule has 0 aromatic heterocycles. The molecule has 9 nitrogen and oxygen atoms in total. The number of amides is 2. The largest absolute Gasteiger partial charge is 0.478 e. The van der Waals surface area contributed by atoms with Gasteiger partial charge in [-0.3, -0.25) is 19.2 Å². The van der Waals surface area contributed by atoms with Crippen molar-refractivity contribution in [3.63, 3.8) is 0 Å². The summed E-state index contributed by atoms with van der Waals surface area (Å²) in [6, 6.07) is 24.9. The number of Topliss-reactive ketones (excluding diaryl/α,β-unsaturated/α-hetero) is 1. The number of carbonyl (C=O) groups excluding carboxylic acids is 4. The van der Waals surface area contributed by atoms with E-state index in [2.05, 4.69) is 23.6 Å². The lowest BCUT2D eigenvalue weighted by molar-refractivity contribution is -0.143. The zero-order valence-electron chi connectivity index (χ0n) is 30.8. The van der Waals surface area contributed by atoms with Gasteiger partial charge in [0.15, 0.2) is 5.78 Å². The molecular weight excluding hydrogens is 668 g/mol. The van der Waals surface area contributed by atoms with E-state index in [-0.39, 0.29) is 48.9 Å². The van der Waals surface area contributed by atoms with E-state index < -0.39 is 5.97 Å². The minimum absolute atomic E-state index is 0.0429. The second kappa shape index (κ2) is 18.3. The average Bonchev–Trinajstić information content (AvgIpc) is 3.70. The van der Waals surface area contributed by atoms with Gasteiger partial charge in [0.25, 0.3) is 0 Å². The highest BCUT2D eigenvalue weighted by atomic mass is 16.5. The number of carboxylic acid groups (broad SMARTS) is 1. The molecule has 0 saturated heterocycles. The fourth-order valence-corrected chi connectivity index (χ4v) is 7.00. The molecule has 4 aromatic carbocycles. The van der Waals surface area contributed by atoms with Gasteiger partial charge >= 0.3 is 11.9 Å². The molecule has 2 aliphatic rings. The molecule has 9 heteroatoms. The molecule has 0 bridgehead atoms. The number of hydrogen-bond acceptors (Lipinski definition) is 6. The van der Waals surface area contributed by atoms with Crippen molar-refractivity contribution in [3.05, 3.63) is 112 Å². The van der Waals surface area contributed by atoms with Gasteiger partial charge in [0, 0.05) is 49.4 Å². The summed E-state index contributed by atoms with van der Waals surface area (Å²) in [4.78, 5) is 60.5. The molecule has 6 rings (SSSR count). The predicted octanol–water partition coefficient (Wildman–Crippen LogP) is 8.72. The first-order chi connectivity index (χ1) is 25.7. The van der Waals surface area contributed by atoms with Crippen LogP contribution in [0.3, 0.4) is 0 Å². The molecule has 2 amide bonds. The third-order valence-electron chi connectivity index (χ3n) is 9.64. The first-order valence-corrected chi connectivity index (χ1v) is 18.6. The maximum Gasteiger partial charge on any atom is 0.336 e. The summed E-state index contributed by atoms with van der Waals surface area (Å²) in [5.41, 5.74) is 9.73. The average molecular weight is 717 g/mol. The first kappa shape index (κ1) is 38.7. The van der Waals surface area contributed by atoms with Crippen molar-refractivity contribution >= 4 is 35.2 Å². The number of ether oxygens (including phenoxy) is 1. The molecule has 0 heterocycles. The number of hydrogen-bond donors (Lipinski definition) is 3. The zero-order valence-corrected chi connectivity index (χ0v) is 30.8. The quantitative estimate of drug-likeness (QED) is 0.0728. The summed E-state index contributed by atoms with van der Waals surface area (Å²) in [7, 11) is 0. The van der Waals surface area contributed by atoms with E-state index in [1.54, 1.807) is 13.0 Å². The van der Waals surface area contributed by atoms with E-state index in [0.29, 0.717) is 42.6 Å². The summed E-state index contributed by atoms with van der Waals surface area (Å²) in [6.45, 7) is 6.62. The van der Waals surface area contributed by atoms with Crippen LogP contribution < -0.4 is 10.6 Å². The number of esters is 1. The summed E-state index contributed by atoms with van der Waals surface area (Å²) < 4.78 is 5.53. The summed E-state index contributed by atoms with van der Waals surface area (Å²) in [5.74, 6) is -1.46. The number of aromatic carboxylic acids is 1. The van der Waals surface area contributed by atoms with Crippen molar-refractivity contribution in [2.75, 3.05) is 18.5 Å². The Kier molecular flexibility index (Phi) is 13.3. The highest BCUT2D eigenvalue weighted by Crippen LogP contribution is 2.48. The second-order valence-corrected chi connectivity index (χ2v) is 13.4. The number of carboxylic acids is 1. The molecule has 1 atom stereocenters. The van der Waals surface area contributed by atoms with Crippen LogP contribution in [0.4, 0.5) is 5.69 Å². The van der Waals surface area contributed by atoms with E-state index >= 15 is 0 Å². The Morgan fingerprint density at radius 2 is 1.45 bits per heavy atom. The molecule has 1 unspecified atom stereocenters. The second-order valence-electron chi connectivity index (χ2n) is 13.4. The molecule has 0 fully saturated rings. The van der Waals surface area contributed by atoms with E-state index in [0.717, 1.165) is 64.6 Å². The molecule has 0 radical (unpaired) electrons. The smallest absolute Gasteiger partial charge is 0.336 e. The molecular formula is C44H48N2O7. The maximum atomic E-state index is 13.0. The SMILES string of the molecule is CCCCC(=O)c1cccc2c1-c1ccc(NC(=O)CCCC(=O)NCCC)cc1C2COC(=O)CC.O=C(O)c1cccc2c1-c1ccccc1C2. The highest BCUT2D eigenvalue weighted by molar-refractivity contribution is 6.05. The Labute approximate surface area is 311 Å². The van der Waals surface area contributed by atoms with Gasteiger partial charge in [-0.2, -0.15) is 0 Å². The van der Waals surface area contributed by atoms with Crippen LogP contribution in [0.15, 0.2) is 78.9 Å². The van der Waals surface area contributed by atoms with Crippen LogP contribution in [-0.2, 0) is 25.5 Å². The van der Waals surface area contributed by atoms with E-state index in [1.807, 2.05) is 73.7 Å². The van der Waals surface area contributed by atoms with Crippen LogP contribution in [0.25, 0.3) is 22.3 Å². The van der Waals surface area contributed by atoms with Gasteiger partial charge in [-0.15, -0.1) is 0 Å². The number of carbonyl (C=O) groups is 5. The van der Waals surface area contributed by atoms with Gasteiger partial charge < -0.3 is 20.5 Å². The van der Waals surface area contributed by atoms with Crippen LogP contribution in [0, 0.1) is 0 Å². The van der Waals surface area contributed by atoms with Crippen molar-refractivity contribution in [1.29, 1.82) is 0 Å². The Hall–Kier alpha value is -5.57. The van der Waals surface area contributed by atoms with Gasteiger partial charge in [0.05, 0.1) is 5.56 Å². The van der Waals surface area contributed by atoms with Crippen LogP contribution in [0.1, 0.15) is 121 Å². The number of unbranched alkanes of at least 4 members (excludes halogenated alkanes) is 1. The van der Waals surface area contributed by atoms with E-state index in [1.165, 1.54) is 5.56 Å². The summed E-state index contributed by atoms with van der Waals surface area (Å²) >= 11 is 0. The van der Waals surface area contributed by atoms with Crippen molar-refractivity contribution in [2.45, 2.75) is 84.5 Å². The minimum Gasteiger partial charge on any atom is -0.478 e. The summed E-state index contributed by atoms with van der Waals surface area (Å²) in [5, 5.41) is 14.9. The van der Waals surface area contributed by atoms with Gasteiger partial charge in [0.1, 0.15) is 6.61 Å². The topological polar surface area (TPSA) is 139 Å². The normalized spacial score (nSPS) is 13.0. The van der Waals surface area contributed by atoms with E-state index in [4.69, 9.17) is 4.74 Å². The van der Waals surface area contributed by atoms with Crippen LogP contribution >= 0.6 is 0 Å².